The Morgan fingerprint density at radius 3 is 0.778 bits per heavy atom. The minimum atomic E-state index is 0.719. The van der Waals surface area contributed by atoms with Gasteiger partial charge in [0.2, 0.25) is 0 Å². The van der Waals surface area contributed by atoms with E-state index < -0.39 is 0 Å². The van der Waals surface area contributed by atoms with Crippen LogP contribution in [0.5, 0.6) is 0 Å². The predicted molar refractivity (Wildman–Crippen MR) is 210 cm³/mol. The average molecular weight is 696 g/mol. The maximum absolute atomic E-state index is 4.98. The van der Waals surface area contributed by atoms with Crippen LogP contribution >= 0.6 is 0 Å². The number of rotatable bonds is 8. The van der Waals surface area contributed by atoms with Gasteiger partial charge in [-0.05, 0) is 109 Å². The molecule has 0 aliphatic carbocycles. The maximum atomic E-state index is 4.98. The molecule has 0 radical (unpaired) electrons. The summed E-state index contributed by atoms with van der Waals surface area (Å²) in [6.45, 7) is 0. The SMILES string of the molecule is c1ccc(-c2cccnc2-c2cccnc2-c2cccnc2-c2cccnc2-c2cccnc2-c2cccnc2-c2cccnc2-c2ccccn2)nc1. The van der Waals surface area contributed by atoms with E-state index in [2.05, 4.69) is 9.97 Å². The number of nitrogens with zero attached hydrogens (tertiary/aromatic N) is 9. The zero-order valence-electron chi connectivity index (χ0n) is 28.8. The van der Waals surface area contributed by atoms with Gasteiger partial charge in [0.15, 0.2) is 0 Å². The Kier molecular flexibility index (Phi) is 8.68. The number of hydrogen-bond acceptors (Lipinski definition) is 9. The van der Waals surface area contributed by atoms with Crippen LogP contribution in [0.25, 0.3) is 90.2 Å². The van der Waals surface area contributed by atoms with E-state index in [4.69, 9.17) is 34.9 Å². The molecule has 9 rings (SSSR count). The van der Waals surface area contributed by atoms with Crippen molar-refractivity contribution in [3.63, 3.8) is 0 Å². The molecule has 254 valence electrons. The largest absolute Gasteiger partial charge is 0.256 e. The van der Waals surface area contributed by atoms with Gasteiger partial charge >= 0.3 is 0 Å². The molecule has 0 atom stereocenters. The van der Waals surface area contributed by atoms with Gasteiger partial charge in [-0.1, -0.05) is 12.1 Å². The molecule has 0 saturated heterocycles. The number of hydrogen-bond donors (Lipinski definition) is 0. The first kappa shape index (κ1) is 32.3. The second-order valence-electron chi connectivity index (χ2n) is 12.2. The Morgan fingerprint density at radius 1 is 0.185 bits per heavy atom. The van der Waals surface area contributed by atoms with Gasteiger partial charge in [-0.2, -0.15) is 0 Å². The maximum Gasteiger partial charge on any atom is 0.0980 e. The lowest BCUT2D eigenvalue weighted by Gasteiger charge is -2.17. The molecular weight excluding hydrogens is 667 g/mol. The van der Waals surface area contributed by atoms with E-state index >= 15 is 0 Å². The Labute approximate surface area is 311 Å². The Hall–Kier alpha value is -7.65. The molecule has 0 aliphatic rings. The van der Waals surface area contributed by atoms with Crippen LogP contribution in [-0.2, 0) is 0 Å². The Balaban J connectivity index is 1.20. The summed E-state index contributed by atoms with van der Waals surface area (Å²) >= 11 is 0. The minimum absolute atomic E-state index is 0.719. The van der Waals surface area contributed by atoms with Gasteiger partial charge < -0.3 is 0 Å². The third kappa shape index (κ3) is 6.05. The second kappa shape index (κ2) is 14.5. The topological polar surface area (TPSA) is 116 Å². The Bertz CT molecular complexity index is 2550. The van der Waals surface area contributed by atoms with Gasteiger partial charge in [-0.15, -0.1) is 0 Å². The number of aromatic nitrogens is 9. The van der Waals surface area contributed by atoms with Gasteiger partial charge in [-0.3, -0.25) is 44.9 Å². The van der Waals surface area contributed by atoms with Crippen LogP contribution in [0.3, 0.4) is 0 Å². The molecule has 0 N–H and O–H groups in total. The molecule has 0 unspecified atom stereocenters. The normalized spacial score (nSPS) is 11.0. The van der Waals surface area contributed by atoms with Crippen molar-refractivity contribution >= 4 is 0 Å². The van der Waals surface area contributed by atoms with E-state index in [0.717, 1.165) is 90.2 Å². The third-order valence-electron chi connectivity index (χ3n) is 9.03. The summed E-state index contributed by atoms with van der Waals surface area (Å²) in [6, 6.07) is 39.4. The lowest BCUT2D eigenvalue weighted by Crippen LogP contribution is -2.00. The highest BCUT2D eigenvalue weighted by Gasteiger charge is 2.24. The standard InChI is InChI=1S/C45H29N9/c1-3-21-46-37(19-1)30-12-5-23-48-39(30)31-13-6-24-49-40(31)32-14-7-25-50-41(32)33-15-8-26-51-42(33)34-16-9-27-52-43(34)35-17-10-28-53-44(35)36-18-11-29-54-45(36)38-20-2-4-22-47-38/h1-29H. The first-order valence-electron chi connectivity index (χ1n) is 17.4. The second-order valence-corrected chi connectivity index (χ2v) is 12.2. The van der Waals surface area contributed by atoms with E-state index in [9.17, 15) is 0 Å². The number of pyridine rings is 9. The highest BCUT2D eigenvalue weighted by Crippen LogP contribution is 2.43. The molecule has 0 aromatic carbocycles. The molecule has 9 aromatic rings. The molecule has 9 heteroatoms. The predicted octanol–water partition coefficient (Wildman–Crippen LogP) is 9.58. The fourth-order valence-corrected chi connectivity index (χ4v) is 6.71. The molecule has 0 saturated carbocycles. The van der Waals surface area contributed by atoms with Crippen LogP contribution in [-0.4, -0.2) is 44.9 Å². The molecule has 54 heavy (non-hydrogen) atoms. The zero-order chi connectivity index (χ0) is 36.1. The third-order valence-corrected chi connectivity index (χ3v) is 9.03. The molecule has 0 amide bonds. The van der Waals surface area contributed by atoms with Gasteiger partial charge in [0.25, 0.3) is 0 Å². The van der Waals surface area contributed by atoms with Gasteiger partial charge in [0, 0.05) is 94.7 Å². The molecule has 0 bridgehead atoms. The molecule has 9 aromatic heterocycles. The van der Waals surface area contributed by atoms with Gasteiger partial charge in [0.05, 0.1) is 51.2 Å². The van der Waals surface area contributed by atoms with Crippen molar-refractivity contribution in [2.45, 2.75) is 0 Å². The zero-order valence-corrected chi connectivity index (χ0v) is 28.8. The summed E-state index contributed by atoms with van der Waals surface area (Å²) in [4.78, 5) is 43.5. The van der Waals surface area contributed by atoms with Gasteiger partial charge in [-0.25, -0.2) is 0 Å². The summed E-state index contributed by atoms with van der Waals surface area (Å²) < 4.78 is 0. The summed E-state index contributed by atoms with van der Waals surface area (Å²) in [6.07, 6.45) is 16.1. The summed E-state index contributed by atoms with van der Waals surface area (Å²) in [5.74, 6) is 0. The minimum Gasteiger partial charge on any atom is -0.256 e. The molecule has 9 nitrogen and oxygen atoms in total. The van der Waals surface area contributed by atoms with Crippen LogP contribution in [0.15, 0.2) is 177 Å². The quantitative estimate of drug-likeness (QED) is 0.153. The van der Waals surface area contributed by atoms with Crippen LogP contribution in [0, 0.1) is 0 Å². The van der Waals surface area contributed by atoms with Crippen molar-refractivity contribution in [2.24, 2.45) is 0 Å². The molecule has 9 heterocycles. The van der Waals surface area contributed by atoms with Crippen LogP contribution in [0.4, 0.5) is 0 Å². The summed E-state index contributed by atoms with van der Waals surface area (Å²) in [7, 11) is 0. The van der Waals surface area contributed by atoms with Crippen molar-refractivity contribution in [1.29, 1.82) is 0 Å². The fraction of sp³-hybridized carbons (Fsp3) is 0. The van der Waals surface area contributed by atoms with E-state index in [1.54, 1.807) is 55.8 Å². The lowest BCUT2D eigenvalue weighted by molar-refractivity contribution is 1.22. The fourth-order valence-electron chi connectivity index (χ4n) is 6.71. The molecule has 0 fully saturated rings. The molecule has 0 spiro atoms. The first-order chi connectivity index (χ1) is 26.8. The summed E-state index contributed by atoms with van der Waals surface area (Å²) in [5.41, 5.74) is 12.7. The molecular formula is C45H29N9. The highest BCUT2D eigenvalue weighted by atomic mass is 14.8. The average Bonchev–Trinajstić information content (AvgIpc) is 3.27. The van der Waals surface area contributed by atoms with Crippen LogP contribution in [0.2, 0.25) is 0 Å². The van der Waals surface area contributed by atoms with E-state index in [1.165, 1.54) is 0 Å². The summed E-state index contributed by atoms with van der Waals surface area (Å²) in [5, 5.41) is 0. The lowest BCUT2D eigenvalue weighted by atomic mass is 9.92. The van der Waals surface area contributed by atoms with E-state index in [1.807, 2.05) is 121 Å². The van der Waals surface area contributed by atoms with Crippen LogP contribution in [0.1, 0.15) is 0 Å². The van der Waals surface area contributed by atoms with Crippen molar-refractivity contribution in [3.8, 4) is 90.2 Å². The molecule has 0 aliphatic heterocycles. The van der Waals surface area contributed by atoms with E-state index in [-0.39, 0.29) is 0 Å². The van der Waals surface area contributed by atoms with Crippen LogP contribution < -0.4 is 0 Å². The van der Waals surface area contributed by atoms with E-state index in [0.29, 0.717) is 0 Å². The van der Waals surface area contributed by atoms with Crippen molar-refractivity contribution < 1.29 is 0 Å². The van der Waals surface area contributed by atoms with Crippen molar-refractivity contribution in [2.75, 3.05) is 0 Å². The highest BCUT2D eigenvalue weighted by molar-refractivity contribution is 5.97. The van der Waals surface area contributed by atoms with Crippen molar-refractivity contribution in [1.82, 2.24) is 44.9 Å². The van der Waals surface area contributed by atoms with Gasteiger partial charge in [0.1, 0.15) is 0 Å². The monoisotopic (exact) mass is 695 g/mol. The smallest absolute Gasteiger partial charge is 0.0980 e. The Morgan fingerprint density at radius 2 is 0.444 bits per heavy atom. The first-order valence-corrected chi connectivity index (χ1v) is 17.4. The van der Waals surface area contributed by atoms with Crippen molar-refractivity contribution in [3.05, 3.63) is 177 Å².